The first-order chi connectivity index (χ1) is 7.19. The molecular weight excluding hydrogens is 194 g/mol. The van der Waals surface area contributed by atoms with E-state index in [0.717, 1.165) is 5.82 Å². The fraction of sp³-hybridized carbons (Fsp3) is 0.778. The Morgan fingerprint density at radius 1 is 1.67 bits per heavy atom. The van der Waals surface area contributed by atoms with E-state index in [1.54, 1.807) is 4.68 Å². The molecule has 15 heavy (non-hydrogen) atoms. The van der Waals surface area contributed by atoms with Crippen molar-refractivity contribution in [1.82, 2.24) is 20.2 Å². The Labute approximate surface area is 89.8 Å². The van der Waals surface area contributed by atoms with Crippen LogP contribution < -0.4 is 11.3 Å². The predicted molar refractivity (Wildman–Crippen MR) is 56.9 cm³/mol. The highest BCUT2D eigenvalue weighted by Crippen LogP contribution is 2.04. The van der Waals surface area contributed by atoms with Crippen LogP contribution in [0.2, 0.25) is 0 Å². The standard InChI is InChI=1S/C9H19N5O/c1-4-15-7(2)8(13-10)5-9-11-6-12-14(9)3/h6-8,13H,4-5,10H2,1-3H3. The maximum atomic E-state index is 5.48. The Balaban J connectivity index is 2.57. The van der Waals surface area contributed by atoms with E-state index in [0.29, 0.717) is 13.0 Å². The fourth-order valence-electron chi connectivity index (χ4n) is 1.44. The van der Waals surface area contributed by atoms with E-state index in [1.807, 2.05) is 20.9 Å². The number of aromatic nitrogens is 3. The maximum absolute atomic E-state index is 5.48. The minimum atomic E-state index is 0.0489. The highest BCUT2D eigenvalue weighted by Gasteiger charge is 2.18. The molecule has 2 unspecified atom stereocenters. The van der Waals surface area contributed by atoms with Crippen LogP contribution in [0.15, 0.2) is 6.33 Å². The van der Waals surface area contributed by atoms with Crippen molar-refractivity contribution >= 4 is 0 Å². The monoisotopic (exact) mass is 213 g/mol. The van der Waals surface area contributed by atoms with Gasteiger partial charge in [-0.25, -0.2) is 4.98 Å². The highest BCUT2D eigenvalue weighted by atomic mass is 16.5. The van der Waals surface area contributed by atoms with Crippen molar-refractivity contribution in [1.29, 1.82) is 0 Å². The van der Waals surface area contributed by atoms with Gasteiger partial charge in [-0.15, -0.1) is 0 Å². The van der Waals surface area contributed by atoms with Gasteiger partial charge in [0.05, 0.1) is 12.1 Å². The van der Waals surface area contributed by atoms with Crippen molar-refractivity contribution in [3.63, 3.8) is 0 Å². The molecule has 0 fully saturated rings. The van der Waals surface area contributed by atoms with Gasteiger partial charge in [0.15, 0.2) is 0 Å². The second kappa shape index (κ2) is 5.79. The molecule has 0 aliphatic heterocycles. The molecule has 0 radical (unpaired) electrons. The maximum Gasteiger partial charge on any atom is 0.138 e. The van der Waals surface area contributed by atoms with Crippen LogP contribution in [0.4, 0.5) is 0 Å². The number of hydrogen-bond acceptors (Lipinski definition) is 5. The van der Waals surface area contributed by atoms with Crippen molar-refractivity contribution in [2.75, 3.05) is 6.61 Å². The molecule has 0 amide bonds. The van der Waals surface area contributed by atoms with Gasteiger partial charge in [-0.3, -0.25) is 16.0 Å². The second-order valence-electron chi connectivity index (χ2n) is 3.44. The van der Waals surface area contributed by atoms with E-state index >= 15 is 0 Å². The summed E-state index contributed by atoms with van der Waals surface area (Å²) in [6.45, 7) is 4.63. The summed E-state index contributed by atoms with van der Waals surface area (Å²) in [5.41, 5.74) is 2.75. The van der Waals surface area contributed by atoms with Gasteiger partial charge in [0.25, 0.3) is 0 Å². The molecule has 0 saturated heterocycles. The van der Waals surface area contributed by atoms with Gasteiger partial charge >= 0.3 is 0 Å². The fourth-order valence-corrected chi connectivity index (χ4v) is 1.44. The normalized spacial score (nSPS) is 15.2. The molecule has 6 nitrogen and oxygen atoms in total. The first-order valence-electron chi connectivity index (χ1n) is 5.09. The molecule has 3 N–H and O–H groups in total. The Hall–Kier alpha value is -0.980. The van der Waals surface area contributed by atoms with E-state index in [-0.39, 0.29) is 12.1 Å². The topological polar surface area (TPSA) is 78.0 Å². The van der Waals surface area contributed by atoms with Gasteiger partial charge in [0, 0.05) is 20.1 Å². The molecule has 0 saturated carbocycles. The van der Waals surface area contributed by atoms with Gasteiger partial charge in [-0.05, 0) is 13.8 Å². The van der Waals surface area contributed by atoms with E-state index in [1.165, 1.54) is 6.33 Å². The largest absolute Gasteiger partial charge is 0.377 e. The number of hydrazine groups is 1. The third-order valence-corrected chi connectivity index (χ3v) is 2.42. The smallest absolute Gasteiger partial charge is 0.138 e. The molecule has 1 rings (SSSR count). The number of rotatable bonds is 6. The zero-order valence-corrected chi connectivity index (χ0v) is 9.47. The summed E-state index contributed by atoms with van der Waals surface area (Å²) in [6, 6.07) is 0.0489. The SMILES string of the molecule is CCOC(C)C(Cc1ncnn1C)NN. The van der Waals surface area contributed by atoms with Crippen LogP contribution in [0.25, 0.3) is 0 Å². The lowest BCUT2D eigenvalue weighted by Crippen LogP contribution is -2.45. The number of hydrogen-bond donors (Lipinski definition) is 2. The van der Waals surface area contributed by atoms with Crippen molar-refractivity contribution in [3.05, 3.63) is 12.2 Å². The van der Waals surface area contributed by atoms with Gasteiger partial charge in [0.1, 0.15) is 12.2 Å². The van der Waals surface area contributed by atoms with E-state index in [4.69, 9.17) is 10.6 Å². The molecule has 1 aromatic rings. The van der Waals surface area contributed by atoms with Crippen LogP contribution in [0.5, 0.6) is 0 Å². The molecule has 0 aliphatic carbocycles. The minimum absolute atomic E-state index is 0.0489. The zero-order valence-electron chi connectivity index (χ0n) is 9.47. The molecule has 2 atom stereocenters. The van der Waals surface area contributed by atoms with Crippen LogP contribution >= 0.6 is 0 Å². The lowest BCUT2D eigenvalue weighted by atomic mass is 10.1. The Morgan fingerprint density at radius 3 is 2.87 bits per heavy atom. The van der Waals surface area contributed by atoms with Crippen LogP contribution in [0.3, 0.4) is 0 Å². The number of nitrogens with one attached hydrogen (secondary N) is 1. The summed E-state index contributed by atoms with van der Waals surface area (Å²) in [6.07, 6.45) is 2.29. The molecule has 6 heteroatoms. The highest BCUT2D eigenvalue weighted by molar-refractivity contribution is 4.90. The van der Waals surface area contributed by atoms with Crippen molar-refractivity contribution in [3.8, 4) is 0 Å². The molecule has 1 aromatic heterocycles. The van der Waals surface area contributed by atoms with Crippen molar-refractivity contribution in [2.45, 2.75) is 32.4 Å². The number of aryl methyl sites for hydroxylation is 1. The molecule has 0 aromatic carbocycles. The lowest BCUT2D eigenvalue weighted by molar-refractivity contribution is 0.0469. The summed E-state index contributed by atoms with van der Waals surface area (Å²) in [5.74, 6) is 6.38. The first-order valence-corrected chi connectivity index (χ1v) is 5.09. The summed E-state index contributed by atoms with van der Waals surface area (Å²) >= 11 is 0. The second-order valence-corrected chi connectivity index (χ2v) is 3.44. The average molecular weight is 213 g/mol. The van der Waals surface area contributed by atoms with Gasteiger partial charge in [-0.2, -0.15) is 5.10 Å². The Bertz CT molecular complexity index is 288. The molecule has 0 aliphatic rings. The summed E-state index contributed by atoms with van der Waals surface area (Å²) < 4.78 is 7.22. The van der Waals surface area contributed by atoms with Gasteiger partial charge in [-0.1, -0.05) is 0 Å². The first kappa shape index (κ1) is 12.1. The Morgan fingerprint density at radius 2 is 2.40 bits per heavy atom. The summed E-state index contributed by atoms with van der Waals surface area (Å²) in [7, 11) is 1.86. The average Bonchev–Trinajstić information content (AvgIpc) is 2.61. The Kier molecular flexibility index (Phi) is 4.67. The van der Waals surface area contributed by atoms with Crippen LogP contribution in [0.1, 0.15) is 19.7 Å². The van der Waals surface area contributed by atoms with Gasteiger partial charge < -0.3 is 4.74 Å². The van der Waals surface area contributed by atoms with E-state index in [9.17, 15) is 0 Å². The third kappa shape index (κ3) is 3.26. The summed E-state index contributed by atoms with van der Waals surface area (Å²) in [5, 5.41) is 4.01. The van der Waals surface area contributed by atoms with E-state index < -0.39 is 0 Å². The van der Waals surface area contributed by atoms with Crippen LogP contribution in [0, 0.1) is 0 Å². The number of nitrogens with zero attached hydrogens (tertiary/aromatic N) is 3. The van der Waals surface area contributed by atoms with Crippen LogP contribution in [-0.2, 0) is 18.2 Å². The number of ether oxygens (including phenoxy) is 1. The molecule has 0 spiro atoms. The zero-order chi connectivity index (χ0) is 11.3. The minimum Gasteiger partial charge on any atom is -0.377 e. The molecular formula is C9H19N5O. The third-order valence-electron chi connectivity index (χ3n) is 2.42. The molecule has 1 heterocycles. The van der Waals surface area contributed by atoms with E-state index in [2.05, 4.69) is 15.5 Å². The van der Waals surface area contributed by atoms with Gasteiger partial charge in [0.2, 0.25) is 0 Å². The summed E-state index contributed by atoms with van der Waals surface area (Å²) in [4.78, 5) is 4.15. The van der Waals surface area contributed by atoms with Crippen molar-refractivity contribution in [2.24, 2.45) is 12.9 Å². The lowest BCUT2D eigenvalue weighted by Gasteiger charge is -2.22. The molecule has 0 bridgehead atoms. The number of nitrogens with two attached hydrogens (primary N) is 1. The van der Waals surface area contributed by atoms with Crippen molar-refractivity contribution < 1.29 is 4.74 Å². The predicted octanol–water partition coefficient (Wildman–Crippen LogP) is -0.385. The van der Waals surface area contributed by atoms with Crippen LogP contribution in [-0.4, -0.2) is 33.5 Å². The molecule has 86 valence electrons. The quantitative estimate of drug-likeness (QED) is 0.497.